The zero-order chi connectivity index (χ0) is 24.7. The van der Waals surface area contributed by atoms with Crippen molar-refractivity contribution in [3.05, 3.63) is 97.5 Å². The van der Waals surface area contributed by atoms with Gasteiger partial charge in [-0.25, -0.2) is 13.9 Å². The van der Waals surface area contributed by atoms with Gasteiger partial charge >= 0.3 is 5.69 Å². The predicted molar refractivity (Wildman–Crippen MR) is 136 cm³/mol. The predicted octanol–water partition coefficient (Wildman–Crippen LogP) is 3.94. The van der Waals surface area contributed by atoms with Crippen LogP contribution in [0.4, 0.5) is 0 Å². The van der Waals surface area contributed by atoms with E-state index in [-0.39, 0.29) is 30.2 Å². The Morgan fingerprint density at radius 3 is 2.40 bits per heavy atom. The number of carbonyl (C=O) groups excluding carboxylic acids is 1. The summed E-state index contributed by atoms with van der Waals surface area (Å²) >= 11 is 1.28. The molecule has 0 aliphatic rings. The van der Waals surface area contributed by atoms with E-state index in [2.05, 4.69) is 18.9 Å². The van der Waals surface area contributed by atoms with Gasteiger partial charge in [0.1, 0.15) is 17.0 Å². The van der Waals surface area contributed by atoms with Gasteiger partial charge in [0.25, 0.3) is 5.56 Å². The number of thiophene rings is 1. The number of benzene rings is 2. The van der Waals surface area contributed by atoms with E-state index in [0.717, 1.165) is 10.2 Å². The molecule has 5 rings (SSSR count). The van der Waals surface area contributed by atoms with Crippen molar-refractivity contribution in [3.8, 4) is 5.75 Å². The molecule has 0 fully saturated rings. The fourth-order valence-electron chi connectivity index (χ4n) is 4.07. The molecule has 0 saturated heterocycles. The molecule has 0 spiro atoms. The van der Waals surface area contributed by atoms with Crippen molar-refractivity contribution in [3.63, 3.8) is 0 Å². The maximum Gasteiger partial charge on any atom is 0.352 e. The number of aromatic nitrogens is 4. The third-order valence-electron chi connectivity index (χ3n) is 6.08. The summed E-state index contributed by atoms with van der Waals surface area (Å²) < 4.78 is 9.64. The van der Waals surface area contributed by atoms with Gasteiger partial charge in [-0.05, 0) is 52.8 Å². The molecule has 3 aromatic heterocycles. The second-order valence-corrected chi connectivity index (χ2v) is 9.57. The Morgan fingerprint density at radius 2 is 1.74 bits per heavy atom. The second-order valence-electron chi connectivity index (χ2n) is 8.65. The van der Waals surface area contributed by atoms with Crippen LogP contribution < -0.4 is 16.0 Å². The van der Waals surface area contributed by atoms with Crippen molar-refractivity contribution in [2.24, 2.45) is 0 Å². The Morgan fingerprint density at radius 1 is 1.03 bits per heavy atom. The van der Waals surface area contributed by atoms with Gasteiger partial charge in [-0.2, -0.15) is 0 Å². The minimum Gasteiger partial charge on any atom is -0.497 e. The van der Waals surface area contributed by atoms with Crippen molar-refractivity contribution in [2.75, 3.05) is 7.11 Å². The molecule has 8 nitrogen and oxygen atoms in total. The molecule has 3 heterocycles. The summed E-state index contributed by atoms with van der Waals surface area (Å²) in [5.41, 5.74) is 2.39. The first kappa shape index (κ1) is 22.8. The van der Waals surface area contributed by atoms with Gasteiger partial charge in [-0.15, -0.1) is 16.4 Å². The van der Waals surface area contributed by atoms with Gasteiger partial charge in [0, 0.05) is 5.56 Å². The van der Waals surface area contributed by atoms with Crippen molar-refractivity contribution >= 4 is 33.1 Å². The van der Waals surface area contributed by atoms with E-state index in [0.29, 0.717) is 27.4 Å². The van der Waals surface area contributed by atoms with Crippen LogP contribution in [-0.2, 0) is 13.1 Å². The van der Waals surface area contributed by atoms with Gasteiger partial charge in [-0.3, -0.25) is 14.2 Å². The highest BCUT2D eigenvalue weighted by atomic mass is 32.1. The molecule has 0 saturated carbocycles. The van der Waals surface area contributed by atoms with Crippen molar-refractivity contribution in [1.82, 2.24) is 18.7 Å². The van der Waals surface area contributed by atoms with Crippen LogP contribution in [0.15, 0.2) is 69.6 Å². The molecule has 0 aliphatic carbocycles. The first-order valence-electron chi connectivity index (χ1n) is 11.2. The molecule has 0 amide bonds. The summed E-state index contributed by atoms with van der Waals surface area (Å²) in [6.07, 6.45) is 0. The Hall–Kier alpha value is -3.98. The number of fused-ring (bicyclic) bond motifs is 3. The quantitative estimate of drug-likeness (QED) is 0.324. The number of nitrogens with zero attached hydrogens (tertiary/aromatic N) is 4. The second kappa shape index (κ2) is 8.99. The van der Waals surface area contributed by atoms with Gasteiger partial charge in [0.05, 0.1) is 19.2 Å². The number of ether oxygens (including phenoxy) is 1. The minimum atomic E-state index is -0.464. The number of methoxy groups -OCH3 is 1. The molecule has 2 aromatic carbocycles. The standard InChI is InChI=1S/C26H24N4O4S/c1-16(2)18-6-4-17(5-7-18)14-28-24(32)23-21(12-13-35-23)30-25(28)27-29(26(30)33)15-22(31)19-8-10-20(34-3)11-9-19/h4-13,16H,14-15H2,1-3H3. The molecule has 0 N–H and O–H groups in total. The topological polar surface area (TPSA) is 87.6 Å². The normalized spacial score (nSPS) is 11.5. The molecule has 0 aliphatic heterocycles. The number of ketones is 1. The van der Waals surface area contributed by atoms with E-state index in [1.807, 2.05) is 24.3 Å². The highest BCUT2D eigenvalue weighted by Crippen LogP contribution is 2.19. The minimum absolute atomic E-state index is 0.210. The summed E-state index contributed by atoms with van der Waals surface area (Å²) in [7, 11) is 1.55. The molecule has 0 radical (unpaired) electrons. The van der Waals surface area contributed by atoms with Crippen LogP contribution in [-0.4, -0.2) is 31.6 Å². The number of rotatable bonds is 7. The van der Waals surface area contributed by atoms with Crippen molar-refractivity contribution in [2.45, 2.75) is 32.9 Å². The molecule has 9 heteroatoms. The average molecular weight is 489 g/mol. The summed E-state index contributed by atoms with van der Waals surface area (Å²) in [5, 5.41) is 6.21. The van der Waals surface area contributed by atoms with Crippen LogP contribution in [0.3, 0.4) is 0 Å². The fraction of sp³-hybridized carbons (Fsp3) is 0.231. The molecule has 178 valence electrons. The number of hydrogen-bond donors (Lipinski definition) is 0. The Bertz CT molecular complexity index is 1650. The van der Waals surface area contributed by atoms with Gasteiger partial charge < -0.3 is 4.74 Å². The molecule has 0 atom stereocenters. The first-order chi connectivity index (χ1) is 16.9. The summed E-state index contributed by atoms with van der Waals surface area (Å²) in [6, 6.07) is 16.5. The van der Waals surface area contributed by atoms with E-state index in [9.17, 15) is 14.4 Å². The lowest BCUT2D eigenvalue weighted by Gasteiger charge is -2.10. The summed E-state index contributed by atoms with van der Waals surface area (Å²) in [4.78, 5) is 39.5. The zero-order valence-corrected chi connectivity index (χ0v) is 20.4. The van der Waals surface area contributed by atoms with Crippen LogP contribution in [0.5, 0.6) is 5.75 Å². The molecule has 35 heavy (non-hydrogen) atoms. The number of Topliss-reactive ketones (excluding diaryl/α,β-unsaturated/α-hetero) is 1. The SMILES string of the molecule is COc1ccc(C(=O)Cn2nc3n(Cc4ccc(C(C)C)cc4)c(=O)c4sccc4n3c2=O)cc1. The van der Waals surface area contributed by atoms with E-state index in [1.54, 1.807) is 42.8 Å². The lowest BCUT2D eigenvalue weighted by atomic mass is 10.0. The molecule has 0 unspecified atom stereocenters. The zero-order valence-electron chi connectivity index (χ0n) is 19.6. The fourth-order valence-corrected chi connectivity index (χ4v) is 4.90. The third kappa shape index (κ3) is 4.08. The van der Waals surface area contributed by atoms with Crippen molar-refractivity contribution in [1.29, 1.82) is 0 Å². The largest absolute Gasteiger partial charge is 0.497 e. The van der Waals surface area contributed by atoms with E-state index in [1.165, 1.54) is 25.9 Å². The number of hydrogen-bond acceptors (Lipinski definition) is 6. The highest BCUT2D eigenvalue weighted by molar-refractivity contribution is 7.17. The highest BCUT2D eigenvalue weighted by Gasteiger charge is 2.20. The Balaban J connectivity index is 1.59. The van der Waals surface area contributed by atoms with Crippen LogP contribution >= 0.6 is 11.3 Å². The number of carbonyl (C=O) groups is 1. The molecule has 0 bridgehead atoms. The third-order valence-corrected chi connectivity index (χ3v) is 6.97. The summed E-state index contributed by atoms with van der Waals surface area (Å²) in [5.74, 6) is 0.981. The van der Waals surface area contributed by atoms with Crippen molar-refractivity contribution < 1.29 is 9.53 Å². The van der Waals surface area contributed by atoms with Gasteiger partial charge in [0.2, 0.25) is 5.78 Å². The van der Waals surface area contributed by atoms with Crippen LogP contribution in [0.25, 0.3) is 16.0 Å². The smallest absolute Gasteiger partial charge is 0.352 e. The van der Waals surface area contributed by atoms with E-state index >= 15 is 0 Å². The van der Waals surface area contributed by atoms with Crippen LogP contribution in [0, 0.1) is 0 Å². The monoisotopic (exact) mass is 488 g/mol. The lowest BCUT2D eigenvalue weighted by Crippen LogP contribution is -2.27. The molecule has 5 aromatic rings. The first-order valence-corrected chi connectivity index (χ1v) is 12.1. The maximum atomic E-state index is 13.3. The maximum absolute atomic E-state index is 13.3. The van der Waals surface area contributed by atoms with Gasteiger partial charge in [0.15, 0.2) is 5.78 Å². The molecular weight excluding hydrogens is 464 g/mol. The molecular formula is C26H24N4O4S. The Kier molecular flexibility index (Phi) is 5.86. The van der Waals surface area contributed by atoms with E-state index in [4.69, 9.17) is 4.74 Å². The van der Waals surface area contributed by atoms with Crippen LogP contribution in [0.1, 0.15) is 41.3 Å². The lowest BCUT2D eigenvalue weighted by molar-refractivity contribution is 0.0966. The Labute approximate surface area is 204 Å². The average Bonchev–Trinajstić information content (AvgIpc) is 3.47. The van der Waals surface area contributed by atoms with Crippen LogP contribution in [0.2, 0.25) is 0 Å². The summed E-state index contributed by atoms with van der Waals surface area (Å²) in [6.45, 7) is 4.27. The van der Waals surface area contributed by atoms with E-state index < -0.39 is 5.69 Å². The van der Waals surface area contributed by atoms with Gasteiger partial charge in [-0.1, -0.05) is 38.1 Å².